The zero-order valence-corrected chi connectivity index (χ0v) is 21.2. The van der Waals surface area contributed by atoms with E-state index in [-0.39, 0.29) is 11.5 Å². The number of rotatable bonds is 5. The highest BCUT2D eigenvalue weighted by molar-refractivity contribution is 6.05. The van der Waals surface area contributed by atoms with Crippen LogP contribution in [0.1, 0.15) is 54.6 Å². The Morgan fingerprint density at radius 1 is 1.17 bits per heavy atom. The minimum atomic E-state index is -0.345. The van der Waals surface area contributed by atoms with Gasteiger partial charge in [-0.15, -0.1) is 0 Å². The Balaban J connectivity index is 1.40. The number of aryl methyl sites for hydroxylation is 1. The Hall–Kier alpha value is -2.67. The van der Waals surface area contributed by atoms with E-state index in [1.54, 1.807) is 7.11 Å². The molecule has 2 fully saturated rings. The first-order valence-electron chi connectivity index (χ1n) is 12.8. The maximum Gasteiger partial charge on any atom is 0.255 e. The van der Waals surface area contributed by atoms with E-state index in [1.165, 1.54) is 24.0 Å². The van der Waals surface area contributed by atoms with Crippen molar-refractivity contribution in [2.24, 2.45) is 17.8 Å². The zero-order valence-electron chi connectivity index (χ0n) is 21.2. The molecule has 0 bridgehead atoms. The smallest absolute Gasteiger partial charge is 0.255 e. The summed E-state index contributed by atoms with van der Waals surface area (Å²) in [4.78, 5) is 19.4. The molecule has 2 aromatic rings. The number of hydroxylamine groups is 1. The van der Waals surface area contributed by atoms with Crippen molar-refractivity contribution in [2.45, 2.75) is 51.7 Å². The zero-order chi connectivity index (χ0) is 24.6. The Bertz CT molecular complexity index is 1120. The molecule has 0 saturated carbocycles. The van der Waals surface area contributed by atoms with Crippen molar-refractivity contribution in [1.29, 1.82) is 0 Å². The van der Waals surface area contributed by atoms with Crippen LogP contribution in [-0.2, 0) is 4.84 Å². The number of anilines is 1. The van der Waals surface area contributed by atoms with Gasteiger partial charge in [-0.2, -0.15) is 5.48 Å². The van der Waals surface area contributed by atoms with Gasteiger partial charge in [-0.3, -0.25) is 9.63 Å². The number of piperidine rings is 1. The molecule has 4 unspecified atom stereocenters. The molecule has 35 heavy (non-hydrogen) atoms. The number of methoxy groups -OCH3 is 1. The molecule has 0 aromatic heterocycles. The number of carbonyl (C=O) groups is 1. The number of carbonyl (C=O) groups excluding carboxylic acids is 1. The highest BCUT2D eigenvalue weighted by Gasteiger charge is 2.51. The predicted octanol–water partition coefficient (Wildman–Crippen LogP) is 4.96. The van der Waals surface area contributed by atoms with E-state index >= 15 is 0 Å². The molecule has 4 atom stereocenters. The van der Waals surface area contributed by atoms with E-state index in [9.17, 15) is 4.79 Å². The summed E-state index contributed by atoms with van der Waals surface area (Å²) in [6.45, 7) is 8.82. The van der Waals surface area contributed by atoms with Gasteiger partial charge >= 0.3 is 0 Å². The fourth-order valence-corrected chi connectivity index (χ4v) is 6.14. The molecule has 1 amide bonds. The van der Waals surface area contributed by atoms with Crippen LogP contribution in [0.3, 0.4) is 0 Å². The summed E-state index contributed by atoms with van der Waals surface area (Å²) in [6.07, 6.45) is 5.79. The van der Waals surface area contributed by atoms with E-state index < -0.39 is 0 Å². The van der Waals surface area contributed by atoms with Crippen molar-refractivity contribution in [1.82, 2.24) is 10.8 Å². The number of benzene rings is 2. The molecule has 1 aliphatic carbocycles. The van der Waals surface area contributed by atoms with Crippen molar-refractivity contribution < 1.29 is 14.4 Å². The summed E-state index contributed by atoms with van der Waals surface area (Å²) in [5, 5.41) is 6.48. The van der Waals surface area contributed by atoms with E-state index in [2.05, 4.69) is 43.0 Å². The van der Waals surface area contributed by atoms with E-state index in [0.717, 1.165) is 25.1 Å². The third kappa shape index (κ3) is 4.75. The number of ether oxygens (including phenoxy) is 1. The molecule has 0 radical (unpaired) electrons. The van der Waals surface area contributed by atoms with Crippen LogP contribution in [0, 0.1) is 24.7 Å². The number of allylic oxidation sites excluding steroid dienone is 1. The van der Waals surface area contributed by atoms with Crippen molar-refractivity contribution in [3.05, 3.63) is 65.2 Å². The standard InChI is InChI=1S/C29H37N3O3/c1-18-8-9-21(28(33)31-22-6-5-7-23(16-22)34-4)15-24(18)25-17-29(3)26(14-19(25)2)27(32-35-29)20-10-12-30-13-11-20/h5-9,15-17,19-20,26-27,30,32H,10-14H2,1-4H3,(H,31,33). The molecule has 2 aliphatic heterocycles. The van der Waals surface area contributed by atoms with Gasteiger partial charge in [-0.25, -0.2) is 0 Å². The predicted molar refractivity (Wildman–Crippen MR) is 139 cm³/mol. The molecule has 6 nitrogen and oxygen atoms in total. The van der Waals surface area contributed by atoms with Gasteiger partial charge in [0.2, 0.25) is 0 Å². The highest BCUT2D eigenvalue weighted by Crippen LogP contribution is 2.48. The summed E-state index contributed by atoms with van der Waals surface area (Å²) in [6, 6.07) is 13.8. The van der Waals surface area contributed by atoms with Gasteiger partial charge in [0.15, 0.2) is 0 Å². The Morgan fingerprint density at radius 3 is 2.74 bits per heavy atom. The van der Waals surface area contributed by atoms with Gasteiger partial charge in [0.25, 0.3) is 5.91 Å². The molecule has 5 rings (SSSR count). The lowest BCUT2D eigenvalue weighted by atomic mass is 9.66. The van der Waals surface area contributed by atoms with Gasteiger partial charge in [-0.05, 0) is 105 Å². The van der Waals surface area contributed by atoms with Crippen molar-refractivity contribution >= 4 is 17.2 Å². The van der Waals surface area contributed by atoms with Crippen LogP contribution < -0.4 is 20.9 Å². The topological polar surface area (TPSA) is 71.6 Å². The highest BCUT2D eigenvalue weighted by atomic mass is 16.7. The van der Waals surface area contributed by atoms with E-state index in [0.29, 0.717) is 40.8 Å². The molecular formula is C29H37N3O3. The summed E-state index contributed by atoms with van der Waals surface area (Å²) in [5.41, 5.74) is 8.02. The molecule has 3 aliphatic rings. The molecule has 3 N–H and O–H groups in total. The summed E-state index contributed by atoms with van der Waals surface area (Å²) >= 11 is 0. The van der Waals surface area contributed by atoms with Gasteiger partial charge < -0.3 is 15.4 Å². The maximum absolute atomic E-state index is 13.1. The maximum atomic E-state index is 13.1. The van der Waals surface area contributed by atoms with E-state index in [4.69, 9.17) is 9.57 Å². The third-order valence-electron chi connectivity index (χ3n) is 8.20. The minimum absolute atomic E-state index is 0.127. The molecule has 2 aromatic carbocycles. The monoisotopic (exact) mass is 475 g/mol. The molecule has 186 valence electrons. The van der Waals surface area contributed by atoms with Gasteiger partial charge in [0.1, 0.15) is 11.4 Å². The quantitative estimate of drug-likeness (QED) is 0.570. The molecule has 2 heterocycles. The first-order chi connectivity index (χ1) is 16.9. The first kappa shape index (κ1) is 24.0. The normalized spacial score (nSPS) is 28.8. The largest absolute Gasteiger partial charge is 0.497 e. The first-order valence-corrected chi connectivity index (χ1v) is 12.8. The Labute approximate surface area is 208 Å². The summed E-state index contributed by atoms with van der Waals surface area (Å²) in [7, 11) is 1.62. The number of nitrogens with one attached hydrogen (secondary N) is 3. The van der Waals surface area contributed by atoms with Gasteiger partial charge in [-0.1, -0.05) is 19.1 Å². The number of fused-ring (bicyclic) bond motifs is 1. The summed E-state index contributed by atoms with van der Waals surface area (Å²) in [5.74, 6) is 2.07. The molecule has 2 saturated heterocycles. The lowest BCUT2D eigenvalue weighted by Gasteiger charge is -2.39. The van der Waals surface area contributed by atoms with Gasteiger partial charge in [0, 0.05) is 29.3 Å². The number of hydrogen-bond acceptors (Lipinski definition) is 5. The van der Waals surface area contributed by atoms with Crippen LogP contribution in [0.5, 0.6) is 5.75 Å². The second kappa shape index (κ2) is 9.76. The number of hydrogen-bond donors (Lipinski definition) is 3. The second-order valence-corrected chi connectivity index (χ2v) is 10.6. The molecule has 6 heteroatoms. The van der Waals surface area contributed by atoms with Crippen LogP contribution >= 0.6 is 0 Å². The fraction of sp³-hybridized carbons (Fsp3) is 0.483. The van der Waals surface area contributed by atoms with E-state index in [1.807, 2.05) is 42.5 Å². The van der Waals surface area contributed by atoms with Crippen LogP contribution in [0.2, 0.25) is 0 Å². The summed E-state index contributed by atoms with van der Waals surface area (Å²) < 4.78 is 5.28. The van der Waals surface area contributed by atoms with Crippen LogP contribution in [-0.4, -0.2) is 37.7 Å². The minimum Gasteiger partial charge on any atom is -0.497 e. The van der Waals surface area contributed by atoms with Crippen molar-refractivity contribution in [2.75, 3.05) is 25.5 Å². The fourth-order valence-electron chi connectivity index (χ4n) is 6.14. The number of amides is 1. The SMILES string of the molecule is COc1cccc(NC(=O)c2ccc(C)c(C3=CC4(C)ONC(C5CCNCC5)C4CC3C)c2)c1. The van der Waals surface area contributed by atoms with Crippen LogP contribution in [0.4, 0.5) is 5.69 Å². The van der Waals surface area contributed by atoms with Crippen molar-refractivity contribution in [3.8, 4) is 5.75 Å². The third-order valence-corrected chi connectivity index (χ3v) is 8.20. The van der Waals surface area contributed by atoms with Crippen LogP contribution in [0.25, 0.3) is 5.57 Å². The lowest BCUT2D eigenvalue weighted by Crippen LogP contribution is -2.44. The average Bonchev–Trinajstić information content (AvgIpc) is 3.20. The molecule has 0 spiro atoms. The lowest BCUT2D eigenvalue weighted by molar-refractivity contribution is -0.0294. The van der Waals surface area contributed by atoms with Crippen LogP contribution in [0.15, 0.2) is 48.5 Å². The Morgan fingerprint density at radius 2 is 1.97 bits per heavy atom. The molecular weight excluding hydrogens is 438 g/mol. The van der Waals surface area contributed by atoms with Gasteiger partial charge in [0.05, 0.1) is 7.11 Å². The Kier molecular flexibility index (Phi) is 6.71. The second-order valence-electron chi connectivity index (χ2n) is 10.6. The van der Waals surface area contributed by atoms with Crippen molar-refractivity contribution in [3.63, 3.8) is 0 Å². The average molecular weight is 476 g/mol.